The summed E-state index contributed by atoms with van der Waals surface area (Å²) >= 11 is 13.0. The molecule has 0 radical (unpaired) electrons. The second kappa shape index (κ2) is 3.88. The van der Waals surface area contributed by atoms with Crippen LogP contribution in [0, 0.1) is 0 Å². The summed E-state index contributed by atoms with van der Waals surface area (Å²) in [7, 11) is 0. The van der Waals surface area contributed by atoms with Crippen molar-refractivity contribution in [2.75, 3.05) is 6.26 Å². The normalized spacial score (nSPS) is 10.8. The van der Waals surface area contributed by atoms with Gasteiger partial charge in [0.15, 0.2) is 5.16 Å². The maximum absolute atomic E-state index is 5.82. The van der Waals surface area contributed by atoms with Gasteiger partial charge >= 0.3 is 0 Å². The molecule has 2 rings (SSSR count). The smallest absolute Gasteiger partial charge is 0.187 e. The molecular formula is C8H5Cl2N3S. The van der Waals surface area contributed by atoms with E-state index in [1.54, 1.807) is 12.3 Å². The van der Waals surface area contributed by atoms with Gasteiger partial charge in [-0.1, -0.05) is 35.0 Å². The first-order valence-electron chi connectivity index (χ1n) is 3.73. The van der Waals surface area contributed by atoms with Crippen LogP contribution in [0.4, 0.5) is 0 Å². The minimum Gasteiger partial charge on any atom is -0.231 e. The number of nitrogens with zero attached hydrogens (tertiary/aromatic N) is 3. The number of hydrogen-bond donors (Lipinski definition) is 0. The maximum Gasteiger partial charge on any atom is 0.187 e. The molecule has 0 N–H and O–H groups in total. The average Bonchev–Trinajstić information content (AvgIpc) is 2.19. The fraction of sp³-hybridized carbons (Fsp3) is 0.125. The van der Waals surface area contributed by atoms with E-state index in [1.165, 1.54) is 11.8 Å². The zero-order chi connectivity index (χ0) is 10.1. The molecule has 3 nitrogen and oxygen atoms in total. The van der Waals surface area contributed by atoms with E-state index < -0.39 is 0 Å². The van der Waals surface area contributed by atoms with E-state index >= 15 is 0 Å². The molecule has 2 aromatic rings. The summed E-state index contributed by atoms with van der Waals surface area (Å²) < 4.78 is 0. The molecule has 0 aromatic carbocycles. The van der Waals surface area contributed by atoms with Crippen molar-refractivity contribution in [1.29, 1.82) is 0 Å². The van der Waals surface area contributed by atoms with Crippen LogP contribution in [0.5, 0.6) is 0 Å². The van der Waals surface area contributed by atoms with Crippen LogP contribution in [0.3, 0.4) is 0 Å². The van der Waals surface area contributed by atoms with Gasteiger partial charge in [0.2, 0.25) is 0 Å². The molecule has 0 bridgehead atoms. The predicted molar refractivity (Wildman–Crippen MR) is 59.1 cm³/mol. The lowest BCUT2D eigenvalue weighted by atomic mass is 10.4. The van der Waals surface area contributed by atoms with Crippen LogP contribution in [-0.2, 0) is 0 Å². The number of rotatable bonds is 1. The molecule has 0 aliphatic heterocycles. The van der Waals surface area contributed by atoms with Crippen LogP contribution in [0.2, 0.25) is 10.2 Å². The lowest BCUT2D eigenvalue weighted by Gasteiger charge is -2.00. The number of aromatic nitrogens is 3. The molecule has 0 aliphatic carbocycles. The van der Waals surface area contributed by atoms with E-state index in [2.05, 4.69) is 15.0 Å². The van der Waals surface area contributed by atoms with Gasteiger partial charge in [-0.25, -0.2) is 15.0 Å². The molecule has 6 heteroatoms. The summed E-state index contributed by atoms with van der Waals surface area (Å²) in [5, 5.41) is 1.38. The van der Waals surface area contributed by atoms with E-state index in [0.717, 1.165) is 0 Å². The van der Waals surface area contributed by atoms with Gasteiger partial charge in [-0.3, -0.25) is 0 Å². The molecule has 2 aromatic heterocycles. The van der Waals surface area contributed by atoms with Gasteiger partial charge in [0, 0.05) is 0 Å². The van der Waals surface area contributed by atoms with Gasteiger partial charge in [-0.2, -0.15) is 0 Å². The number of pyridine rings is 1. The van der Waals surface area contributed by atoms with Gasteiger partial charge in [-0.15, -0.1) is 0 Å². The van der Waals surface area contributed by atoms with Crippen molar-refractivity contribution in [3.05, 3.63) is 22.4 Å². The Morgan fingerprint density at radius 2 is 2.00 bits per heavy atom. The third-order valence-electron chi connectivity index (χ3n) is 1.64. The molecule has 0 amide bonds. The molecule has 0 unspecified atom stereocenters. The first-order valence-corrected chi connectivity index (χ1v) is 5.71. The number of halogens is 2. The first-order chi connectivity index (χ1) is 6.70. The molecule has 0 spiro atoms. The van der Waals surface area contributed by atoms with Gasteiger partial charge in [0.1, 0.15) is 10.7 Å². The molecule has 0 atom stereocenters. The second-order valence-corrected chi connectivity index (χ2v) is 4.06. The summed E-state index contributed by atoms with van der Waals surface area (Å²) in [6.07, 6.45) is 3.54. The van der Waals surface area contributed by atoms with Crippen molar-refractivity contribution in [2.24, 2.45) is 0 Å². The standard InChI is InChI=1S/C8H5Cl2N3S/c1-14-8-11-3-6-5(13-8)2-4(9)7(10)12-6/h2-3H,1H3. The van der Waals surface area contributed by atoms with E-state index in [9.17, 15) is 0 Å². The Bertz CT molecular complexity index is 489. The third-order valence-corrected chi connectivity index (χ3v) is 2.87. The second-order valence-electron chi connectivity index (χ2n) is 2.52. The molecule has 0 aliphatic rings. The predicted octanol–water partition coefficient (Wildman–Crippen LogP) is 3.05. The number of fused-ring (bicyclic) bond motifs is 1. The molecule has 14 heavy (non-hydrogen) atoms. The molecular weight excluding hydrogens is 241 g/mol. The zero-order valence-electron chi connectivity index (χ0n) is 7.16. The van der Waals surface area contributed by atoms with Crippen LogP contribution >= 0.6 is 35.0 Å². The number of thioether (sulfide) groups is 1. The third kappa shape index (κ3) is 1.78. The monoisotopic (exact) mass is 245 g/mol. The van der Waals surface area contributed by atoms with E-state index in [1.807, 2.05) is 6.26 Å². The largest absolute Gasteiger partial charge is 0.231 e. The van der Waals surface area contributed by atoms with Crippen LogP contribution in [-0.4, -0.2) is 21.2 Å². The van der Waals surface area contributed by atoms with Crippen LogP contribution in [0.1, 0.15) is 0 Å². The Morgan fingerprint density at radius 3 is 2.71 bits per heavy atom. The Hall–Kier alpha value is -0.580. The SMILES string of the molecule is CSc1ncc2nc(Cl)c(Cl)cc2n1. The van der Waals surface area contributed by atoms with E-state index in [4.69, 9.17) is 23.2 Å². The van der Waals surface area contributed by atoms with Gasteiger partial charge in [0.25, 0.3) is 0 Å². The fourth-order valence-electron chi connectivity index (χ4n) is 1.00. The van der Waals surface area contributed by atoms with Gasteiger partial charge < -0.3 is 0 Å². The molecule has 2 heterocycles. The Kier molecular flexibility index (Phi) is 2.76. The van der Waals surface area contributed by atoms with Crippen molar-refractivity contribution in [3.63, 3.8) is 0 Å². The topological polar surface area (TPSA) is 38.7 Å². The molecule has 0 fully saturated rings. The quantitative estimate of drug-likeness (QED) is 0.440. The first kappa shape index (κ1) is 9.96. The van der Waals surface area contributed by atoms with Crippen molar-refractivity contribution >= 4 is 46.0 Å². The lowest BCUT2D eigenvalue weighted by Crippen LogP contribution is -1.89. The van der Waals surface area contributed by atoms with Gasteiger partial charge in [-0.05, 0) is 12.3 Å². The maximum atomic E-state index is 5.82. The van der Waals surface area contributed by atoms with Crippen LogP contribution in [0.25, 0.3) is 11.0 Å². The summed E-state index contributed by atoms with van der Waals surface area (Å²) in [6, 6.07) is 1.69. The average molecular weight is 246 g/mol. The zero-order valence-corrected chi connectivity index (χ0v) is 9.49. The highest BCUT2D eigenvalue weighted by Gasteiger charge is 2.04. The fourth-order valence-corrected chi connectivity index (χ4v) is 1.64. The lowest BCUT2D eigenvalue weighted by molar-refractivity contribution is 1.00. The van der Waals surface area contributed by atoms with Crippen molar-refractivity contribution in [3.8, 4) is 0 Å². The van der Waals surface area contributed by atoms with E-state index in [0.29, 0.717) is 21.2 Å². The summed E-state index contributed by atoms with van der Waals surface area (Å²) in [5.41, 5.74) is 1.36. The number of hydrogen-bond acceptors (Lipinski definition) is 4. The Balaban J connectivity index is 2.70. The highest BCUT2D eigenvalue weighted by atomic mass is 35.5. The van der Waals surface area contributed by atoms with Crippen LogP contribution < -0.4 is 0 Å². The van der Waals surface area contributed by atoms with E-state index in [-0.39, 0.29) is 5.15 Å². The Morgan fingerprint density at radius 1 is 1.21 bits per heavy atom. The summed E-state index contributed by atoms with van der Waals surface area (Å²) in [4.78, 5) is 12.4. The van der Waals surface area contributed by atoms with Crippen molar-refractivity contribution < 1.29 is 0 Å². The van der Waals surface area contributed by atoms with Crippen molar-refractivity contribution in [1.82, 2.24) is 15.0 Å². The molecule has 72 valence electrons. The van der Waals surface area contributed by atoms with Crippen molar-refractivity contribution in [2.45, 2.75) is 5.16 Å². The highest BCUT2D eigenvalue weighted by molar-refractivity contribution is 7.98. The molecule has 0 saturated carbocycles. The minimum absolute atomic E-state index is 0.277. The summed E-state index contributed by atoms with van der Waals surface area (Å²) in [6.45, 7) is 0. The highest BCUT2D eigenvalue weighted by Crippen LogP contribution is 2.23. The Labute approximate surface area is 94.9 Å². The molecule has 0 saturated heterocycles. The van der Waals surface area contributed by atoms with Crippen LogP contribution in [0.15, 0.2) is 17.4 Å². The minimum atomic E-state index is 0.277. The summed E-state index contributed by atoms with van der Waals surface area (Å²) in [5.74, 6) is 0. The van der Waals surface area contributed by atoms with Gasteiger partial charge in [0.05, 0.1) is 16.7 Å².